The molecule has 11 heteroatoms. The Morgan fingerprint density at radius 3 is 2.69 bits per heavy atom. The van der Waals surface area contributed by atoms with E-state index >= 15 is 0 Å². The van der Waals surface area contributed by atoms with Gasteiger partial charge in [-0.25, -0.2) is 4.98 Å². The van der Waals surface area contributed by atoms with Gasteiger partial charge in [0.1, 0.15) is 6.10 Å². The van der Waals surface area contributed by atoms with E-state index in [1.807, 2.05) is 25.9 Å². The van der Waals surface area contributed by atoms with Crippen molar-refractivity contribution in [2.75, 3.05) is 38.5 Å². The van der Waals surface area contributed by atoms with E-state index in [-0.39, 0.29) is 46.6 Å². The first-order valence-electron chi connectivity index (χ1n) is 10.4. The van der Waals surface area contributed by atoms with Gasteiger partial charge in [-0.2, -0.15) is 8.42 Å². The van der Waals surface area contributed by atoms with Gasteiger partial charge < -0.3 is 24.2 Å². The number of nitrogens with zero attached hydrogens (tertiary/aromatic N) is 4. The molecule has 0 spiro atoms. The normalized spacial score (nSPS) is 20.3. The van der Waals surface area contributed by atoms with Gasteiger partial charge in [0.15, 0.2) is 10.8 Å². The van der Waals surface area contributed by atoms with Crippen LogP contribution in [0.3, 0.4) is 0 Å². The number of aromatic nitrogens is 2. The summed E-state index contributed by atoms with van der Waals surface area (Å²) in [5.74, 6) is -0.218. The van der Waals surface area contributed by atoms with Gasteiger partial charge >= 0.3 is 0 Å². The Morgan fingerprint density at radius 2 is 2.09 bits per heavy atom. The van der Waals surface area contributed by atoms with E-state index in [9.17, 15) is 18.3 Å². The molecule has 0 saturated carbocycles. The van der Waals surface area contributed by atoms with E-state index in [4.69, 9.17) is 4.74 Å². The highest BCUT2D eigenvalue weighted by Crippen LogP contribution is 2.35. The molecule has 1 amide bonds. The Labute approximate surface area is 188 Å². The molecule has 2 N–H and O–H groups in total. The fourth-order valence-electron chi connectivity index (χ4n) is 3.63. The number of ether oxygens (including phenoxy) is 1. The zero-order valence-corrected chi connectivity index (χ0v) is 19.8. The summed E-state index contributed by atoms with van der Waals surface area (Å²) in [5.41, 5.74) is 0.401. The number of sulfonamides is 1. The molecule has 1 aliphatic rings. The summed E-state index contributed by atoms with van der Waals surface area (Å²) in [6, 6.07) is 4.37. The lowest BCUT2D eigenvalue weighted by molar-refractivity contribution is 0.0366. The average molecular weight is 466 g/mol. The van der Waals surface area contributed by atoms with Gasteiger partial charge in [0, 0.05) is 32.3 Å². The van der Waals surface area contributed by atoms with E-state index < -0.39 is 16.1 Å². The highest BCUT2D eigenvalue weighted by atomic mass is 32.2. The van der Waals surface area contributed by atoms with Crippen LogP contribution in [-0.2, 0) is 17.1 Å². The number of aliphatic hydroxyl groups is 1. The van der Waals surface area contributed by atoms with Gasteiger partial charge in [-0.15, -0.1) is 0 Å². The highest BCUT2D eigenvalue weighted by Gasteiger charge is 2.34. The van der Waals surface area contributed by atoms with Crippen LogP contribution in [0, 0.1) is 5.92 Å². The third kappa shape index (κ3) is 5.05. The lowest BCUT2D eigenvalue weighted by Gasteiger charge is -2.38. The number of likely N-dealkylation sites (N-methyl/N-ethyl adjacent to an activating group) is 1. The lowest BCUT2D eigenvalue weighted by Crippen LogP contribution is -2.49. The van der Waals surface area contributed by atoms with E-state index in [0.717, 1.165) is 0 Å². The van der Waals surface area contributed by atoms with Crippen molar-refractivity contribution in [3.63, 3.8) is 0 Å². The van der Waals surface area contributed by atoms with Crippen LogP contribution in [0.4, 0.5) is 5.69 Å². The molecule has 0 bridgehead atoms. The van der Waals surface area contributed by atoms with Gasteiger partial charge in [0.25, 0.3) is 15.9 Å². The number of aliphatic hydroxyl groups excluding tert-OH is 1. The maximum absolute atomic E-state index is 13.4. The molecule has 176 valence electrons. The summed E-state index contributed by atoms with van der Waals surface area (Å²) >= 11 is 0. The molecule has 10 nitrogen and oxygen atoms in total. The van der Waals surface area contributed by atoms with Crippen LogP contribution in [0.15, 0.2) is 35.7 Å². The van der Waals surface area contributed by atoms with Crippen molar-refractivity contribution in [1.82, 2.24) is 19.4 Å². The summed E-state index contributed by atoms with van der Waals surface area (Å²) in [7, 11) is 1.53. The Kier molecular flexibility index (Phi) is 7.11. The zero-order chi connectivity index (χ0) is 23.6. The van der Waals surface area contributed by atoms with E-state index in [0.29, 0.717) is 13.1 Å². The monoisotopic (exact) mass is 465 g/mol. The quantitative estimate of drug-likeness (QED) is 0.627. The van der Waals surface area contributed by atoms with Crippen molar-refractivity contribution < 1.29 is 23.1 Å². The molecule has 0 saturated heterocycles. The number of carbonyl (C=O) groups is 1. The number of nitrogens with one attached hydrogen (secondary N) is 1. The van der Waals surface area contributed by atoms with E-state index in [1.165, 1.54) is 17.1 Å². The number of rotatable bonds is 7. The van der Waals surface area contributed by atoms with Gasteiger partial charge in [0.2, 0.25) is 0 Å². The number of hydrogen-bond donors (Lipinski definition) is 2. The largest absolute Gasteiger partial charge is 0.486 e. The second kappa shape index (κ2) is 9.47. The SMILES string of the molecule is C[C@H]1CN([C@@H](C)CO)C(=O)c2cccc(NS(=O)(=O)c3cn(C)cn3)c2O[C@@H]1CN(C)C. The molecule has 2 heterocycles. The number of para-hydroxylation sites is 1. The molecule has 32 heavy (non-hydrogen) atoms. The fraction of sp³-hybridized carbons (Fsp3) is 0.524. The van der Waals surface area contributed by atoms with Crippen molar-refractivity contribution >= 4 is 21.6 Å². The first-order chi connectivity index (χ1) is 15.0. The van der Waals surface area contributed by atoms with Crippen molar-refractivity contribution in [3.05, 3.63) is 36.3 Å². The minimum atomic E-state index is -3.99. The summed E-state index contributed by atoms with van der Waals surface area (Å²) in [5, 5.41) is 9.58. The first-order valence-corrected chi connectivity index (χ1v) is 11.9. The molecule has 3 atom stereocenters. The summed E-state index contributed by atoms with van der Waals surface area (Å²) in [4.78, 5) is 20.9. The molecule has 0 radical (unpaired) electrons. The Bertz CT molecular complexity index is 1070. The topological polar surface area (TPSA) is 117 Å². The van der Waals surface area contributed by atoms with Crippen LogP contribution in [-0.4, -0.2) is 84.7 Å². The number of carbonyl (C=O) groups excluding carboxylic acids is 1. The maximum atomic E-state index is 13.4. The molecule has 1 aliphatic heterocycles. The minimum Gasteiger partial charge on any atom is -0.486 e. The summed E-state index contributed by atoms with van der Waals surface area (Å²) < 4.78 is 36.2. The molecule has 0 unspecified atom stereocenters. The zero-order valence-electron chi connectivity index (χ0n) is 19.0. The molecule has 0 fully saturated rings. The molecule has 2 aromatic rings. The Balaban J connectivity index is 2.09. The van der Waals surface area contributed by atoms with Crippen molar-refractivity contribution in [2.45, 2.75) is 31.0 Å². The Hall–Kier alpha value is -2.63. The molecular weight excluding hydrogens is 434 g/mol. The van der Waals surface area contributed by atoms with Gasteiger partial charge in [0.05, 0.1) is 30.2 Å². The van der Waals surface area contributed by atoms with Crippen LogP contribution in [0.1, 0.15) is 24.2 Å². The van der Waals surface area contributed by atoms with Crippen LogP contribution in [0.5, 0.6) is 5.75 Å². The van der Waals surface area contributed by atoms with Crippen LogP contribution >= 0.6 is 0 Å². The van der Waals surface area contributed by atoms with Crippen molar-refractivity contribution in [1.29, 1.82) is 0 Å². The summed E-state index contributed by atoms with van der Waals surface area (Å²) in [6.45, 7) is 4.55. The summed E-state index contributed by atoms with van der Waals surface area (Å²) in [6.07, 6.45) is 2.47. The fourth-order valence-corrected chi connectivity index (χ4v) is 4.67. The molecular formula is C21H31N5O5S. The molecule has 0 aliphatic carbocycles. The number of hydrogen-bond acceptors (Lipinski definition) is 7. The lowest BCUT2D eigenvalue weighted by atomic mass is 9.99. The van der Waals surface area contributed by atoms with Crippen molar-refractivity contribution in [2.24, 2.45) is 13.0 Å². The van der Waals surface area contributed by atoms with Gasteiger partial charge in [-0.1, -0.05) is 13.0 Å². The second-order valence-corrected chi connectivity index (χ2v) is 10.2. The Morgan fingerprint density at radius 1 is 1.38 bits per heavy atom. The van der Waals surface area contributed by atoms with E-state index in [1.54, 1.807) is 37.1 Å². The molecule has 1 aromatic carbocycles. The molecule has 1 aromatic heterocycles. The standard InChI is InChI=1S/C21H31N5O5S/c1-14-9-26(15(2)12-27)21(28)16-7-6-8-17(20(16)31-18(14)10-24(3)4)23-32(29,30)19-11-25(5)13-22-19/h6-8,11,13-15,18,23,27H,9-10,12H2,1-5H3/t14-,15-,18+/m0/s1. The smallest absolute Gasteiger partial charge is 0.281 e. The number of imidazole rings is 1. The van der Waals surface area contributed by atoms with Gasteiger partial charge in [-0.05, 0) is 33.2 Å². The average Bonchev–Trinajstić information content (AvgIpc) is 3.17. The maximum Gasteiger partial charge on any atom is 0.281 e. The number of amides is 1. The third-order valence-corrected chi connectivity index (χ3v) is 6.69. The van der Waals surface area contributed by atoms with Crippen LogP contribution in [0.2, 0.25) is 0 Å². The predicted octanol–water partition coefficient (Wildman–Crippen LogP) is 1.00. The number of benzene rings is 1. The van der Waals surface area contributed by atoms with E-state index in [2.05, 4.69) is 9.71 Å². The first kappa shape index (κ1) is 24.0. The van der Waals surface area contributed by atoms with Crippen molar-refractivity contribution in [3.8, 4) is 5.75 Å². The number of aryl methyl sites for hydroxylation is 1. The van der Waals surface area contributed by atoms with Gasteiger partial charge in [-0.3, -0.25) is 9.52 Å². The highest BCUT2D eigenvalue weighted by molar-refractivity contribution is 7.92. The predicted molar refractivity (Wildman–Crippen MR) is 120 cm³/mol. The second-order valence-electron chi connectivity index (χ2n) is 8.55. The number of fused-ring (bicyclic) bond motifs is 1. The van der Waals surface area contributed by atoms with Crippen LogP contribution in [0.25, 0.3) is 0 Å². The van der Waals surface area contributed by atoms with Crippen LogP contribution < -0.4 is 9.46 Å². The molecule has 3 rings (SSSR count). The minimum absolute atomic E-state index is 0.0658. The number of anilines is 1. The third-order valence-electron chi connectivity index (χ3n) is 5.44.